The fourth-order valence-corrected chi connectivity index (χ4v) is 0.965. The molecule has 1 heteroatoms. The summed E-state index contributed by atoms with van der Waals surface area (Å²) in [6.45, 7) is 0. The predicted molar refractivity (Wildman–Crippen MR) is 54.9 cm³/mol. The van der Waals surface area contributed by atoms with Gasteiger partial charge in [-0.25, -0.2) is 0 Å². The molecule has 0 saturated carbocycles. The molecule has 0 aliphatic rings. The van der Waals surface area contributed by atoms with Gasteiger partial charge in [0.1, 0.15) is 6.10 Å². The van der Waals surface area contributed by atoms with E-state index >= 15 is 0 Å². The van der Waals surface area contributed by atoms with E-state index in [-0.39, 0.29) is 0 Å². The zero-order valence-corrected chi connectivity index (χ0v) is 7.35. The highest BCUT2D eigenvalue weighted by Crippen LogP contribution is 2.02. The molecule has 1 aromatic carbocycles. The molecule has 1 atom stereocenters. The number of hydrogen-bond acceptors (Lipinski definition) is 1. The van der Waals surface area contributed by atoms with Crippen molar-refractivity contribution in [1.82, 2.24) is 0 Å². The van der Waals surface area contributed by atoms with E-state index in [1.165, 1.54) is 0 Å². The Morgan fingerprint density at radius 2 is 2.08 bits per heavy atom. The van der Waals surface area contributed by atoms with Crippen molar-refractivity contribution in [3.05, 3.63) is 42.0 Å². The Bertz CT molecular complexity index is 306. The highest BCUT2D eigenvalue weighted by molar-refractivity contribution is 5.48. The van der Waals surface area contributed by atoms with E-state index in [9.17, 15) is 0 Å². The van der Waals surface area contributed by atoms with Gasteiger partial charge in [0, 0.05) is 6.42 Å². The minimum absolute atomic E-state index is 0.505. The molecule has 0 bridgehead atoms. The van der Waals surface area contributed by atoms with Crippen molar-refractivity contribution in [3.63, 3.8) is 0 Å². The number of aliphatic hydroxyl groups excluding tert-OH is 1. The van der Waals surface area contributed by atoms with E-state index in [2.05, 4.69) is 5.92 Å². The number of rotatable bonds is 3. The Hall–Kier alpha value is -1.52. The molecule has 0 aliphatic heterocycles. The molecule has 0 amide bonds. The maximum Gasteiger partial charge on any atom is 0.117 e. The van der Waals surface area contributed by atoms with Gasteiger partial charge in [0.25, 0.3) is 0 Å². The summed E-state index contributed by atoms with van der Waals surface area (Å²) in [7, 11) is 0. The lowest BCUT2D eigenvalue weighted by molar-refractivity contribution is 0.237. The molecule has 1 aromatic rings. The largest absolute Gasteiger partial charge is 0.380 e. The van der Waals surface area contributed by atoms with Crippen LogP contribution in [0.25, 0.3) is 6.08 Å². The van der Waals surface area contributed by atoms with Crippen molar-refractivity contribution in [2.75, 3.05) is 0 Å². The van der Waals surface area contributed by atoms with Crippen molar-refractivity contribution >= 4 is 6.08 Å². The number of hydrogen-bond donors (Lipinski definition) is 1. The van der Waals surface area contributed by atoms with Crippen LogP contribution in [-0.2, 0) is 0 Å². The van der Waals surface area contributed by atoms with Crippen molar-refractivity contribution in [2.45, 2.75) is 12.5 Å². The van der Waals surface area contributed by atoms with Crippen LogP contribution in [0.5, 0.6) is 0 Å². The molecule has 0 unspecified atom stereocenters. The maximum atomic E-state index is 9.05. The summed E-state index contributed by atoms with van der Waals surface area (Å²) in [6, 6.07) is 9.90. The molecule has 66 valence electrons. The lowest BCUT2D eigenvalue weighted by atomic mass is 10.2. The molecule has 1 N–H and O–H groups in total. The van der Waals surface area contributed by atoms with Crippen LogP contribution in [0.1, 0.15) is 12.0 Å². The van der Waals surface area contributed by atoms with Crippen LogP contribution in [0.3, 0.4) is 0 Å². The van der Waals surface area contributed by atoms with Gasteiger partial charge < -0.3 is 5.11 Å². The Morgan fingerprint density at radius 3 is 2.69 bits per heavy atom. The summed E-state index contributed by atoms with van der Waals surface area (Å²) in [5, 5.41) is 9.05. The summed E-state index contributed by atoms with van der Waals surface area (Å²) in [5.41, 5.74) is 1.12. The topological polar surface area (TPSA) is 20.2 Å². The average molecular weight is 172 g/mol. The van der Waals surface area contributed by atoms with E-state index in [0.29, 0.717) is 6.42 Å². The second kappa shape index (κ2) is 5.18. The van der Waals surface area contributed by atoms with Gasteiger partial charge in [-0.2, -0.15) is 0 Å². The van der Waals surface area contributed by atoms with Gasteiger partial charge in [-0.05, 0) is 5.56 Å². The second-order valence-electron chi connectivity index (χ2n) is 2.73. The average Bonchev–Trinajstić information content (AvgIpc) is 2.19. The van der Waals surface area contributed by atoms with E-state index in [0.717, 1.165) is 5.56 Å². The first-order valence-electron chi connectivity index (χ1n) is 4.18. The molecule has 0 aromatic heterocycles. The van der Waals surface area contributed by atoms with Gasteiger partial charge >= 0.3 is 0 Å². The van der Waals surface area contributed by atoms with Gasteiger partial charge in [0.2, 0.25) is 0 Å². The van der Waals surface area contributed by atoms with Crippen LogP contribution in [0.2, 0.25) is 0 Å². The van der Waals surface area contributed by atoms with Crippen molar-refractivity contribution in [2.24, 2.45) is 0 Å². The summed E-state index contributed by atoms with van der Waals surface area (Å²) in [4.78, 5) is 0. The van der Waals surface area contributed by atoms with Gasteiger partial charge in [-0.1, -0.05) is 48.4 Å². The first kappa shape index (κ1) is 9.57. The third-order valence-electron chi connectivity index (χ3n) is 1.66. The zero-order valence-electron chi connectivity index (χ0n) is 7.35. The monoisotopic (exact) mass is 172 g/mol. The Labute approximate surface area is 78.7 Å². The molecule has 0 fully saturated rings. The molecule has 0 radical (unpaired) electrons. The smallest absolute Gasteiger partial charge is 0.117 e. The maximum absolute atomic E-state index is 9.05. The first-order valence-corrected chi connectivity index (χ1v) is 4.18. The van der Waals surface area contributed by atoms with E-state index in [4.69, 9.17) is 11.5 Å². The third kappa shape index (κ3) is 3.59. The predicted octanol–water partition coefficient (Wildman–Crippen LogP) is 2.08. The molecular weight excluding hydrogens is 160 g/mol. The molecule has 1 nitrogen and oxygen atoms in total. The van der Waals surface area contributed by atoms with Gasteiger partial charge in [-0.3, -0.25) is 0 Å². The zero-order chi connectivity index (χ0) is 9.52. The molecule has 0 heterocycles. The standard InChI is InChI=1S/C12H12O/c1-2-12(13)10-6-9-11-7-4-3-5-8-11/h1,3-9,12-13H,10H2/b9-6+/t12-/m1/s1. The number of benzene rings is 1. The second-order valence-corrected chi connectivity index (χ2v) is 2.73. The molecule has 13 heavy (non-hydrogen) atoms. The van der Waals surface area contributed by atoms with Crippen LogP contribution in [0.15, 0.2) is 36.4 Å². The van der Waals surface area contributed by atoms with E-state index in [1.54, 1.807) is 0 Å². The molecule has 0 spiro atoms. The normalized spacial score (nSPS) is 12.6. The minimum atomic E-state index is -0.667. The summed E-state index contributed by atoms with van der Waals surface area (Å²) < 4.78 is 0. The highest BCUT2D eigenvalue weighted by atomic mass is 16.3. The highest BCUT2D eigenvalue weighted by Gasteiger charge is 1.92. The third-order valence-corrected chi connectivity index (χ3v) is 1.66. The molecule has 1 rings (SSSR count). The van der Waals surface area contributed by atoms with Crippen molar-refractivity contribution < 1.29 is 5.11 Å². The van der Waals surface area contributed by atoms with Crippen LogP contribution < -0.4 is 0 Å². The summed E-state index contributed by atoms with van der Waals surface area (Å²) >= 11 is 0. The fourth-order valence-electron chi connectivity index (χ4n) is 0.965. The molecule has 0 aliphatic carbocycles. The lowest BCUT2D eigenvalue weighted by Gasteiger charge is -1.96. The van der Waals surface area contributed by atoms with Gasteiger partial charge in [0.05, 0.1) is 0 Å². The molecular formula is C12H12O. The fraction of sp³-hybridized carbons (Fsp3) is 0.167. The van der Waals surface area contributed by atoms with Crippen LogP contribution >= 0.6 is 0 Å². The van der Waals surface area contributed by atoms with Crippen molar-refractivity contribution in [3.8, 4) is 12.3 Å². The summed E-state index contributed by atoms with van der Waals surface area (Å²) in [5.74, 6) is 2.26. The number of aliphatic hydroxyl groups is 1. The van der Waals surface area contributed by atoms with Crippen molar-refractivity contribution in [1.29, 1.82) is 0 Å². The van der Waals surface area contributed by atoms with E-state index in [1.807, 2.05) is 42.5 Å². The van der Waals surface area contributed by atoms with Gasteiger partial charge in [0.15, 0.2) is 0 Å². The summed E-state index contributed by atoms with van der Waals surface area (Å²) in [6.07, 6.45) is 8.68. The first-order chi connectivity index (χ1) is 6.33. The SMILES string of the molecule is C#C[C@@H](O)C/C=C/c1ccccc1. The van der Waals surface area contributed by atoms with Crippen LogP contribution in [-0.4, -0.2) is 11.2 Å². The molecule has 0 saturated heterocycles. The van der Waals surface area contributed by atoms with Crippen LogP contribution in [0, 0.1) is 12.3 Å². The van der Waals surface area contributed by atoms with Gasteiger partial charge in [-0.15, -0.1) is 6.42 Å². The Balaban J connectivity index is 2.47. The Morgan fingerprint density at radius 1 is 1.38 bits per heavy atom. The van der Waals surface area contributed by atoms with Crippen LogP contribution in [0.4, 0.5) is 0 Å². The van der Waals surface area contributed by atoms with E-state index < -0.39 is 6.10 Å². The Kier molecular flexibility index (Phi) is 3.81. The quantitative estimate of drug-likeness (QED) is 0.692. The lowest BCUT2D eigenvalue weighted by Crippen LogP contribution is -1.98. The number of terminal acetylenes is 1. The minimum Gasteiger partial charge on any atom is -0.380 e.